The first-order valence-electron chi connectivity index (χ1n) is 13.0. The van der Waals surface area contributed by atoms with Gasteiger partial charge in [0.25, 0.3) is 0 Å². The second-order valence-electron chi connectivity index (χ2n) is 12.1. The van der Waals surface area contributed by atoms with Crippen molar-refractivity contribution in [2.75, 3.05) is 13.2 Å². The van der Waals surface area contributed by atoms with Crippen LogP contribution in [0.3, 0.4) is 0 Å². The smallest absolute Gasteiger partial charge is 0.332 e. The van der Waals surface area contributed by atoms with Gasteiger partial charge in [-0.15, -0.1) is 5.10 Å². The molecule has 12 heteroatoms. The SMILES string of the molecule is CC(=O)c1cc2c(cn1)nnn2-c1ccc2c(c1)n(COCC[Si](C)(C)C)c(=O)n2COCC[Si](C)(C)C. The molecule has 0 atom stereocenters. The molecular weight excluding hydrogens is 516 g/mol. The number of nitrogens with zero attached hydrogens (tertiary/aromatic N) is 6. The van der Waals surface area contributed by atoms with Crippen LogP contribution in [0.4, 0.5) is 0 Å². The number of carbonyl (C=O) groups excluding carboxylic acids is 1. The van der Waals surface area contributed by atoms with Crippen molar-refractivity contribution in [2.24, 2.45) is 0 Å². The van der Waals surface area contributed by atoms with Crippen molar-refractivity contribution in [3.8, 4) is 5.69 Å². The lowest BCUT2D eigenvalue weighted by molar-refractivity contribution is 0.0754. The van der Waals surface area contributed by atoms with Crippen molar-refractivity contribution in [3.63, 3.8) is 0 Å². The molecule has 0 saturated carbocycles. The van der Waals surface area contributed by atoms with Crippen LogP contribution < -0.4 is 5.69 Å². The fourth-order valence-corrected chi connectivity index (χ4v) is 5.48. The molecule has 1 aromatic carbocycles. The molecule has 0 spiro atoms. The number of benzene rings is 1. The third-order valence-corrected chi connectivity index (χ3v) is 9.78. The van der Waals surface area contributed by atoms with Crippen molar-refractivity contribution in [3.05, 3.63) is 46.6 Å². The summed E-state index contributed by atoms with van der Waals surface area (Å²) in [6, 6.07) is 9.42. The van der Waals surface area contributed by atoms with Crippen LogP contribution in [0, 0.1) is 0 Å². The zero-order chi connectivity index (χ0) is 27.7. The van der Waals surface area contributed by atoms with E-state index in [-0.39, 0.29) is 24.9 Å². The lowest BCUT2D eigenvalue weighted by Gasteiger charge is -2.15. The van der Waals surface area contributed by atoms with Gasteiger partial charge in [-0.05, 0) is 36.4 Å². The van der Waals surface area contributed by atoms with E-state index < -0.39 is 16.1 Å². The molecule has 3 heterocycles. The Kier molecular flexibility index (Phi) is 8.16. The van der Waals surface area contributed by atoms with E-state index in [1.165, 1.54) is 6.92 Å². The summed E-state index contributed by atoms with van der Waals surface area (Å²) in [5.74, 6) is -0.134. The van der Waals surface area contributed by atoms with E-state index in [9.17, 15) is 9.59 Å². The highest BCUT2D eigenvalue weighted by atomic mass is 28.3. The summed E-state index contributed by atoms with van der Waals surface area (Å²) in [7, 11) is -2.50. The Morgan fingerprint density at radius 3 is 2.05 bits per heavy atom. The number of rotatable bonds is 12. The number of aromatic nitrogens is 6. The van der Waals surface area contributed by atoms with E-state index >= 15 is 0 Å². The number of imidazole rings is 1. The van der Waals surface area contributed by atoms with Gasteiger partial charge in [0.1, 0.15) is 24.7 Å². The maximum atomic E-state index is 13.5. The molecule has 0 bridgehead atoms. The van der Waals surface area contributed by atoms with Gasteiger partial charge in [0, 0.05) is 36.3 Å². The first kappa shape index (κ1) is 28.1. The molecule has 4 aromatic rings. The van der Waals surface area contributed by atoms with E-state index in [2.05, 4.69) is 54.6 Å². The zero-order valence-corrected chi connectivity index (χ0v) is 25.4. The van der Waals surface area contributed by atoms with Crippen LogP contribution in [0.5, 0.6) is 0 Å². The number of fused-ring (bicyclic) bond motifs is 2. The van der Waals surface area contributed by atoms with Crippen LogP contribution in [0.2, 0.25) is 51.4 Å². The van der Waals surface area contributed by atoms with Gasteiger partial charge in [0.2, 0.25) is 0 Å². The molecule has 0 fully saturated rings. The predicted octanol–water partition coefficient (Wildman–Crippen LogP) is 4.76. The number of Topliss-reactive ketones (excluding diaryl/α,β-unsaturated/α-hetero) is 1. The third-order valence-electron chi connectivity index (χ3n) is 6.37. The highest BCUT2D eigenvalue weighted by Gasteiger charge is 2.18. The van der Waals surface area contributed by atoms with Crippen molar-refractivity contribution in [2.45, 2.75) is 71.8 Å². The highest BCUT2D eigenvalue weighted by molar-refractivity contribution is 6.76. The number of ether oxygens (including phenoxy) is 2. The Morgan fingerprint density at radius 2 is 1.47 bits per heavy atom. The zero-order valence-electron chi connectivity index (χ0n) is 23.4. The molecule has 0 aliphatic heterocycles. The Labute approximate surface area is 224 Å². The lowest BCUT2D eigenvalue weighted by atomic mass is 10.2. The van der Waals surface area contributed by atoms with Crippen LogP contribution in [0.15, 0.2) is 35.3 Å². The van der Waals surface area contributed by atoms with E-state index in [1.54, 1.807) is 26.1 Å². The van der Waals surface area contributed by atoms with Crippen molar-refractivity contribution in [1.82, 2.24) is 29.1 Å². The average Bonchev–Trinajstić information content (AvgIpc) is 3.36. The number of hydrogen-bond acceptors (Lipinski definition) is 7. The maximum Gasteiger partial charge on any atom is 0.332 e. The largest absolute Gasteiger partial charge is 0.361 e. The van der Waals surface area contributed by atoms with E-state index in [0.717, 1.165) is 23.1 Å². The second kappa shape index (κ2) is 11.0. The summed E-state index contributed by atoms with van der Waals surface area (Å²) in [6.45, 7) is 16.8. The fourth-order valence-electron chi connectivity index (χ4n) is 3.97. The fraction of sp³-hybridized carbons (Fsp3) is 0.500. The molecule has 0 amide bonds. The molecule has 4 rings (SSSR count). The van der Waals surface area contributed by atoms with Crippen LogP contribution in [-0.2, 0) is 22.9 Å². The molecule has 0 saturated heterocycles. The number of ketones is 1. The summed E-state index contributed by atoms with van der Waals surface area (Å²) in [5, 5.41) is 8.49. The van der Waals surface area contributed by atoms with Crippen molar-refractivity contribution >= 4 is 44.0 Å². The Balaban J connectivity index is 1.71. The van der Waals surface area contributed by atoms with Gasteiger partial charge in [-0.25, -0.2) is 9.48 Å². The quantitative estimate of drug-likeness (QED) is 0.141. The second-order valence-corrected chi connectivity index (χ2v) is 23.4. The monoisotopic (exact) mass is 554 g/mol. The minimum Gasteiger partial charge on any atom is -0.361 e. The van der Waals surface area contributed by atoms with Crippen LogP contribution >= 0.6 is 0 Å². The van der Waals surface area contributed by atoms with Crippen molar-refractivity contribution in [1.29, 1.82) is 0 Å². The molecule has 0 aliphatic rings. The Bertz CT molecular complexity index is 1510. The van der Waals surface area contributed by atoms with Gasteiger partial charge < -0.3 is 9.47 Å². The molecule has 3 aromatic heterocycles. The first-order valence-corrected chi connectivity index (χ1v) is 20.4. The third kappa shape index (κ3) is 6.55. The van der Waals surface area contributed by atoms with E-state index in [1.807, 2.05) is 18.2 Å². The summed E-state index contributed by atoms with van der Waals surface area (Å²) in [6.07, 6.45) is 1.55. The normalized spacial score (nSPS) is 12.6. The number of carbonyl (C=O) groups is 1. The average molecular weight is 555 g/mol. The first-order chi connectivity index (χ1) is 17.8. The highest BCUT2D eigenvalue weighted by Crippen LogP contribution is 2.22. The van der Waals surface area contributed by atoms with Gasteiger partial charge in [-0.3, -0.25) is 18.9 Å². The standard InChI is InChI=1S/C26H38N6O4Si2/c1-19(33)21-15-24-22(16-27-21)28-29-32(24)20-8-9-23-25(14-20)31(18-36-11-13-38(5,6)7)26(34)30(23)17-35-10-12-37(2,3)4/h8-9,14-16H,10-13,17-18H2,1-7H3. The van der Waals surface area contributed by atoms with Gasteiger partial charge in [-0.1, -0.05) is 44.5 Å². The number of pyridine rings is 1. The maximum absolute atomic E-state index is 13.5. The van der Waals surface area contributed by atoms with Crippen molar-refractivity contribution < 1.29 is 14.3 Å². The lowest BCUT2D eigenvalue weighted by Crippen LogP contribution is -2.28. The number of hydrogen-bond donors (Lipinski definition) is 0. The van der Waals surface area contributed by atoms with Crippen LogP contribution in [0.25, 0.3) is 27.8 Å². The topological polar surface area (TPSA) is 106 Å². The predicted molar refractivity (Wildman–Crippen MR) is 155 cm³/mol. The van der Waals surface area contributed by atoms with Gasteiger partial charge in [0.15, 0.2) is 5.78 Å². The van der Waals surface area contributed by atoms with E-state index in [4.69, 9.17) is 9.47 Å². The molecule has 0 N–H and O–H groups in total. The Hall–Kier alpha value is -2.94. The van der Waals surface area contributed by atoms with E-state index in [0.29, 0.717) is 35.6 Å². The van der Waals surface area contributed by atoms with Gasteiger partial charge in [-0.2, -0.15) is 0 Å². The minimum absolute atomic E-state index is 0.134. The molecular formula is C26H38N6O4Si2. The van der Waals surface area contributed by atoms with Gasteiger partial charge >= 0.3 is 5.69 Å². The molecule has 38 heavy (non-hydrogen) atoms. The Morgan fingerprint density at radius 1 is 0.868 bits per heavy atom. The molecule has 0 radical (unpaired) electrons. The molecule has 0 unspecified atom stereocenters. The summed E-state index contributed by atoms with van der Waals surface area (Å²) >= 11 is 0. The molecule has 204 valence electrons. The molecule has 0 aliphatic carbocycles. The van der Waals surface area contributed by atoms with Gasteiger partial charge in [0.05, 0.1) is 28.4 Å². The summed E-state index contributed by atoms with van der Waals surface area (Å²) in [4.78, 5) is 29.6. The van der Waals surface area contributed by atoms with Crippen LogP contribution in [0.1, 0.15) is 17.4 Å². The van der Waals surface area contributed by atoms with Crippen LogP contribution in [-0.4, -0.2) is 64.3 Å². The molecule has 10 nitrogen and oxygen atoms in total. The minimum atomic E-state index is -1.26. The summed E-state index contributed by atoms with van der Waals surface area (Å²) in [5.41, 5.74) is 3.61. The summed E-state index contributed by atoms with van der Waals surface area (Å²) < 4.78 is 16.9.